The van der Waals surface area contributed by atoms with Crippen molar-refractivity contribution < 1.29 is 49.1 Å². The first-order chi connectivity index (χ1) is 17.5. The van der Waals surface area contributed by atoms with Gasteiger partial charge >= 0.3 is 18.0 Å². The number of rotatable bonds is 5. The minimum Gasteiger partial charge on any atom is -0.320 e. The van der Waals surface area contributed by atoms with Crippen LogP contribution in [-0.2, 0) is 5.67 Å². The first-order valence-corrected chi connectivity index (χ1v) is 12.1. The fraction of sp³-hybridized carbons (Fsp3) is 0.130. The van der Waals surface area contributed by atoms with E-state index in [1.54, 1.807) is 0 Å². The number of nitrogens with one attached hydrogen (secondary N) is 2. The molecular weight excluding hydrogens is 761 g/mol. The number of alkyl halides is 7. The van der Waals surface area contributed by atoms with Crippen LogP contribution in [0.3, 0.4) is 0 Å². The van der Waals surface area contributed by atoms with Crippen LogP contribution >= 0.6 is 45.2 Å². The molecule has 0 aliphatic rings. The minimum atomic E-state index is -6.33. The molecule has 0 spiro atoms. The third-order valence-electron chi connectivity index (χ3n) is 5.06. The Labute approximate surface area is 235 Å². The van der Waals surface area contributed by atoms with E-state index < -0.39 is 65.4 Å². The average molecular weight is 772 g/mol. The van der Waals surface area contributed by atoms with Gasteiger partial charge in [-0.25, -0.2) is 13.2 Å². The van der Waals surface area contributed by atoms with Crippen molar-refractivity contribution in [3.63, 3.8) is 0 Å². The monoisotopic (exact) mass is 772 g/mol. The maximum absolute atomic E-state index is 15.0. The number of anilines is 2. The highest BCUT2D eigenvalue weighted by Crippen LogP contribution is 2.54. The maximum atomic E-state index is 15.0. The number of hydrogen-bond acceptors (Lipinski definition) is 2. The van der Waals surface area contributed by atoms with Crippen molar-refractivity contribution in [2.45, 2.75) is 18.0 Å². The Kier molecular flexibility index (Phi) is 8.59. The lowest BCUT2D eigenvalue weighted by molar-refractivity contribution is -0.348. The molecule has 4 nitrogen and oxygen atoms in total. The number of hydrogen-bond donors (Lipinski definition) is 2. The summed E-state index contributed by atoms with van der Waals surface area (Å²) in [6.07, 6.45) is -12.7. The second-order valence-corrected chi connectivity index (χ2v) is 9.88. The third kappa shape index (κ3) is 5.86. The Morgan fingerprint density at radius 3 is 1.74 bits per heavy atom. The highest BCUT2D eigenvalue weighted by molar-refractivity contribution is 14.1. The van der Waals surface area contributed by atoms with Crippen LogP contribution < -0.4 is 10.6 Å². The van der Waals surface area contributed by atoms with E-state index in [0.29, 0.717) is 0 Å². The van der Waals surface area contributed by atoms with Crippen LogP contribution in [0.2, 0.25) is 0 Å². The summed E-state index contributed by atoms with van der Waals surface area (Å²) >= 11 is 2.61. The molecule has 0 saturated carbocycles. The van der Waals surface area contributed by atoms with Crippen LogP contribution in [-0.4, -0.2) is 24.2 Å². The Hall–Kier alpha value is -2.57. The third-order valence-corrected chi connectivity index (χ3v) is 6.76. The van der Waals surface area contributed by atoms with Gasteiger partial charge in [-0.1, -0.05) is 6.07 Å². The largest absolute Gasteiger partial charge is 0.435 e. The highest BCUT2D eigenvalue weighted by Gasteiger charge is 2.73. The number of amides is 2. The molecule has 38 heavy (non-hydrogen) atoms. The Bertz CT molecular complexity index is 1350. The summed E-state index contributed by atoms with van der Waals surface area (Å²) in [7, 11) is 0. The zero-order valence-corrected chi connectivity index (χ0v) is 22.5. The van der Waals surface area contributed by atoms with Crippen LogP contribution in [0.4, 0.5) is 50.9 Å². The van der Waals surface area contributed by atoms with Crippen molar-refractivity contribution in [2.75, 3.05) is 10.6 Å². The molecule has 0 bridgehead atoms. The molecule has 0 unspecified atom stereocenters. The summed E-state index contributed by atoms with van der Waals surface area (Å²) < 4.78 is 120. The molecule has 0 radical (unpaired) electrons. The zero-order valence-electron chi connectivity index (χ0n) is 18.2. The van der Waals surface area contributed by atoms with Crippen LogP contribution in [0, 0.1) is 18.8 Å². The molecule has 0 saturated heterocycles. The lowest BCUT2D eigenvalue weighted by Gasteiger charge is -2.31. The van der Waals surface area contributed by atoms with Crippen LogP contribution in [0.5, 0.6) is 0 Å². The van der Waals surface area contributed by atoms with Gasteiger partial charge in [0.2, 0.25) is 0 Å². The Morgan fingerprint density at radius 2 is 1.24 bits per heavy atom. The fourth-order valence-electron chi connectivity index (χ4n) is 3.16. The molecular formula is C23H11F9I2N2O2. The second kappa shape index (κ2) is 10.9. The van der Waals surface area contributed by atoms with Gasteiger partial charge in [-0.3, -0.25) is 9.59 Å². The summed E-state index contributed by atoms with van der Waals surface area (Å²) in [5.41, 5.74) is -8.82. The Morgan fingerprint density at radius 1 is 0.711 bits per heavy atom. The van der Waals surface area contributed by atoms with E-state index in [4.69, 9.17) is 0 Å². The number of carbonyl (C=O) groups is 2. The molecule has 0 fully saturated rings. The topological polar surface area (TPSA) is 58.2 Å². The standard InChI is InChI=1S/C23H11F9I2N2O2/c24-12-6-4-10(5-7-12)19(37)35-16-3-1-2-13(17(16)25)20(38)36-18-14(33)8-11(9-15(18)34)21(26,22(27,28)29)23(30,31)32/h1-9H,(H,35,37)(H,36,38). The lowest BCUT2D eigenvalue weighted by atomic mass is 9.94. The second-order valence-electron chi connectivity index (χ2n) is 7.55. The van der Waals surface area contributed by atoms with Crippen molar-refractivity contribution in [1.29, 1.82) is 0 Å². The van der Waals surface area contributed by atoms with Gasteiger partial charge in [0.15, 0.2) is 5.82 Å². The van der Waals surface area contributed by atoms with Crippen molar-refractivity contribution >= 4 is 68.4 Å². The SMILES string of the molecule is O=C(Nc1cccc(C(=O)Nc2c(I)cc(C(F)(C(F)(F)F)C(F)(F)F)cc2I)c1F)c1ccc(F)cc1. The number of halogens is 11. The summed E-state index contributed by atoms with van der Waals surface area (Å²) in [5, 5.41) is 4.38. The summed E-state index contributed by atoms with van der Waals surface area (Å²) in [6.45, 7) is 0. The van der Waals surface area contributed by atoms with E-state index in [0.717, 1.165) is 36.4 Å². The van der Waals surface area contributed by atoms with E-state index in [1.807, 2.05) is 0 Å². The van der Waals surface area contributed by atoms with Gasteiger partial charge in [-0.15, -0.1) is 0 Å². The van der Waals surface area contributed by atoms with Crippen molar-refractivity contribution in [2.24, 2.45) is 0 Å². The molecule has 0 aliphatic carbocycles. The first kappa shape index (κ1) is 30.0. The van der Waals surface area contributed by atoms with Gasteiger partial charge in [-0.05, 0) is 93.7 Å². The van der Waals surface area contributed by atoms with E-state index in [9.17, 15) is 44.7 Å². The predicted molar refractivity (Wildman–Crippen MR) is 135 cm³/mol. The molecule has 0 heterocycles. The van der Waals surface area contributed by atoms with E-state index in [2.05, 4.69) is 10.6 Å². The number of carbonyl (C=O) groups excluding carboxylic acids is 2. The van der Waals surface area contributed by atoms with E-state index >= 15 is 4.39 Å². The lowest BCUT2D eigenvalue weighted by Crippen LogP contribution is -2.50. The average Bonchev–Trinajstić information content (AvgIpc) is 2.80. The van der Waals surface area contributed by atoms with Gasteiger partial charge in [0.1, 0.15) is 5.82 Å². The molecule has 15 heteroatoms. The molecule has 0 aromatic heterocycles. The smallest absolute Gasteiger partial charge is 0.320 e. The van der Waals surface area contributed by atoms with Gasteiger partial charge in [-0.2, -0.15) is 26.3 Å². The minimum absolute atomic E-state index is 0.0218. The van der Waals surface area contributed by atoms with Gasteiger partial charge in [0, 0.05) is 18.3 Å². The summed E-state index contributed by atoms with van der Waals surface area (Å²) in [5.74, 6) is -3.82. The molecule has 202 valence electrons. The van der Waals surface area contributed by atoms with Gasteiger partial charge in [0.05, 0.1) is 16.9 Å². The first-order valence-electron chi connectivity index (χ1n) is 9.96. The molecule has 3 rings (SSSR count). The summed E-state index contributed by atoms with van der Waals surface area (Å²) in [4.78, 5) is 25.0. The highest BCUT2D eigenvalue weighted by atomic mass is 127. The van der Waals surface area contributed by atoms with Crippen LogP contribution in [0.1, 0.15) is 26.3 Å². The molecule has 3 aromatic carbocycles. The number of benzene rings is 3. The van der Waals surface area contributed by atoms with Crippen molar-refractivity contribution in [3.8, 4) is 0 Å². The fourth-order valence-corrected chi connectivity index (χ4v) is 5.20. The van der Waals surface area contributed by atoms with Crippen molar-refractivity contribution in [3.05, 3.63) is 90.1 Å². The zero-order chi connectivity index (χ0) is 28.6. The summed E-state index contributed by atoms with van der Waals surface area (Å²) in [6, 6.07) is 8.13. The molecule has 0 atom stereocenters. The van der Waals surface area contributed by atoms with Gasteiger partial charge in [0.25, 0.3) is 11.8 Å². The molecule has 0 aliphatic heterocycles. The molecule has 3 aromatic rings. The van der Waals surface area contributed by atoms with E-state index in [1.165, 1.54) is 51.2 Å². The van der Waals surface area contributed by atoms with Crippen molar-refractivity contribution in [1.82, 2.24) is 0 Å². The van der Waals surface area contributed by atoms with Crippen LogP contribution in [0.25, 0.3) is 0 Å². The molecule has 2 amide bonds. The Balaban J connectivity index is 1.91. The molecule has 2 N–H and O–H groups in total. The normalized spacial score (nSPS) is 12.3. The van der Waals surface area contributed by atoms with Gasteiger partial charge < -0.3 is 10.6 Å². The predicted octanol–water partition coefficient (Wildman–Crippen LogP) is 7.97. The quantitative estimate of drug-likeness (QED) is 0.204. The van der Waals surface area contributed by atoms with E-state index in [-0.39, 0.29) is 23.4 Å². The van der Waals surface area contributed by atoms with Crippen LogP contribution in [0.15, 0.2) is 54.6 Å². The maximum Gasteiger partial charge on any atom is 0.435 e.